The summed E-state index contributed by atoms with van der Waals surface area (Å²) in [4.78, 5) is 21.5. The Morgan fingerprint density at radius 2 is 2.03 bits per heavy atom. The van der Waals surface area contributed by atoms with Gasteiger partial charge < -0.3 is 29.4 Å². The van der Waals surface area contributed by atoms with Gasteiger partial charge in [-0.1, -0.05) is 30.3 Å². The number of carbonyl (C=O) groups is 1. The maximum Gasteiger partial charge on any atom is 0.276 e. The van der Waals surface area contributed by atoms with Crippen LogP contribution in [-0.4, -0.2) is 41.2 Å². The minimum atomic E-state index is -0.973. The summed E-state index contributed by atoms with van der Waals surface area (Å²) in [7, 11) is 0. The van der Waals surface area contributed by atoms with Gasteiger partial charge in [-0.3, -0.25) is 10.1 Å². The van der Waals surface area contributed by atoms with Crippen LogP contribution in [0.15, 0.2) is 60.6 Å². The van der Waals surface area contributed by atoms with E-state index in [1.54, 1.807) is 26.0 Å². The second-order valence-electron chi connectivity index (χ2n) is 8.51. The first-order valence-electron chi connectivity index (χ1n) is 11.1. The number of hydrogen-bond donors (Lipinski definition) is 2. The Balaban J connectivity index is 1.79. The number of non-ortho nitro benzene ring substituents is 1. The van der Waals surface area contributed by atoms with Gasteiger partial charge in [-0.25, -0.2) is 0 Å². The molecule has 0 radical (unpaired) electrons. The number of nitrogens with zero attached hydrogens (tertiary/aromatic N) is 1. The number of aliphatic hydroxyl groups excluding tert-OH is 1. The Morgan fingerprint density at radius 3 is 2.71 bits per heavy atom. The van der Waals surface area contributed by atoms with Crippen LogP contribution in [0.4, 0.5) is 5.69 Å². The first kappa shape index (κ1) is 25.2. The molecule has 3 unspecified atom stereocenters. The van der Waals surface area contributed by atoms with E-state index in [0.29, 0.717) is 11.3 Å². The molecule has 0 bridgehead atoms. The fourth-order valence-corrected chi connectivity index (χ4v) is 3.71. The highest BCUT2D eigenvalue weighted by Crippen LogP contribution is 2.41. The molecule has 0 saturated carbocycles. The average molecular weight is 471 g/mol. The molecule has 0 aliphatic carbocycles. The highest BCUT2D eigenvalue weighted by atomic mass is 16.7. The summed E-state index contributed by atoms with van der Waals surface area (Å²) in [6.07, 6.45) is 1.40. The largest absolute Gasteiger partial charge is 0.485 e. The second kappa shape index (κ2) is 11.1. The topological polar surface area (TPSA) is 120 Å². The van der Waals surface area contributed by atoms with Crippen molar-refractivity contribution < 1.29 is 29.0 Å². The molecule has 0 saturated heterocycles. The number of nitro groups is 1. The lowest BCUT2D eigenvalue weighted by molar-refractivity contribution is -0.385. The van der Waals surface area contributed by atoms with E-state index in [9.17, 15) is 20.0 Å². The van der Waals surface area contributed by atoms with Crippen molar-refractivity contribution in [3.63, 3.8) is 0 Å². The number of hydrogen-bond acceptors (Lipinski definition) is 8. The van der Waals surface area contributed by atoms with Gasteiger partial charge in [0.1, 0.15) is 29.8 Å². The van der Waals surface area contributed by atoms with Crippen LogP contribution in [0.25, 0.3) is 0 Å². The normalized spacial score (nSPS) is 19.9. The zero-order valence-electron chi connectivity index (χ0n) is 19.5. The third-order valence-corrected chi connectivity index (χ3v) is 5.59. The highest BCUT2D eigenvalue weighted by molar-refractivity contribution is 5.49. The van der Waals surface area contributed by atoms with E-state index < -0.39 is 22.7 Å². The number of ether oxygens (including phenoxy) is 3. The molecule has 0 fully saturated rings. The van der Waals surface area contributed by atoms with Gasteiger partial charge in [0.05, 0.1) is 17.6 Å². The summed E-state index contributed by atoms with van der Waals surface area (Å²) < 4.78 is 17.5. The van der Waals surface area contributed by atoms with Gasteiger partial charge >= 0.3 is 0 Å². The Labute approximate surface area is 198 Å². The molecule has 9 nitrogen and oxygen atoms in total. The van der Waals surface area contributed by atoms with Crippen LogP contribution in [0.1, 0.15) is 50.5 Å². The molecule has 1 aliphatic rings. The zero-order valence-corrected chi connectivity index (χ0v) is 19.5. The third-order valence-electron chi connectivity index (χ3n) is 5.59. The number of nitro benzene ring substituents is 1. The highest BCUT2D eigenvalue weighted by Gasteiger charge is 2.43. The number of fused-ring (bicyclic) bond motifs is 1. The Bertz CT molecular complexity index is 1020. The van der Waals surface area contributed by atoms with Crippen molar-refractivity contribution in [1.29, 1.82) is 0 Å². The van der Waals surface area contributed by atoms with Crippen LogP contribution in [-0.2, 0) is 14.3 Å². The summed E-state index contributed by atoms with van der Waals surface area (Å²) in [6, 6.07) is 13.3. The second-order valence-corrected chi connectivity index (χ2v) is 8.51. The summed E-state index contributed by atoms with van der Waals surface area (Å²) in [5.74, 6) is 0.713. The fourth-order valence-electron chi connectivity index (χ4n) is 3.71. The van der Waals surface area contributed by atoms with E-state index in [1.165, 1.54) is 12.1 Å². The van der Waals surface area contributed by atoms with Crippen molar-refractivity contribution in [2.45, 2.75) is 51.0 Å². The molecule has 0 spiro atoms. The third kappa shape index (κ3) is 6.12. The number of benzene rings is 2. The van der Waals surface area contributed by atoms with Crippen molar-refractivity contribution >= 4 is 12.0 Å². The molecular formula is C25H30N2O7. The quantitative estimate of drug-likeness (QED) is 0.166. The number of nitrogens with one attached hydrogen (secondary N) is 1. The molecule has 2 aromatic carbocycles. The predicted molar refractivity (Wildman–Crippen MR) is 125 cm³/mol. The van der Waals surface area contributed by atoms with Crippen molar-refractivity contribution in [3.05, 3.63) is 81.8 Å². The van der Waals surface area contributed by atoms with Gasteiger partial charge in [-0.05, 0) is 32.4 Å². The molecule has 0 aromatic heterocycles. The van der Waals surface area contributed by atoms with Crippen LogP contribution >= 0.6 is 0 Å². The Kier molecular flexibility index (Phi) is 8.25. The summed E-state index contributed by atoms with van der Waals surface area (Å²) in [5.41, 5.74) is 0.459. The molecule has 3 rings (SSSR count). The lowest BCUT2D eigenvalue weighted by Gasteiger charge is -2.42. The van der Waals surface area contributed by atoms with Crippen molar-refractivity contribution in [2.75, 3.05) is 13.2 Å². The molecule has 0 amide bonds. The minimum absolute atomic E-state index is 0.0884. The fraction of sp³-hybridized carbons (Fsp3) is 0.400. The number of aldehydes is 1. The van der Waals surface area contributed by atoms with Gasteiger partial charge in [-0.2, -0.15) is 0 Å². The monoisotopic (exact) mass is 470 g/mol. The van der Waals surface area contributed by atoms with Gasteiger partial charge in [-0.15, -0.1) is 0 Å². The first-order chi connectivity index (χ1) is 16.2. The Hall–Kier alpha value is -3.43. The average Bonchev–Trinajstić information content (AvgIpc) is 2.81. The van der Waals surface area contributed by atoms with Crippen molar-refractivity contribution in [1.82, 2.24) is 5.32 Å². The molecular weight excluding hydrogens is 440 g/mol. The summed E-state index contributed by atoms with van der Waals surface area (Å²) in [5, 5.41) is 25.4. The van der Waals surface area contributed by atoms with E-state index in [4.69, 9.17) is 14.2 Å². The maximum atomic E-state index is 11.3. The van der Waals surface area contributed by atoms with E-state index in [2.05, 4.69) is 5.32 Å². The molecule has 182 valence electrons. The van der Waals surface area contributed by atoms with Crippen molar-refractivity contribution in [3.8, 4) is 5.75 Å². The SMILES string of the molecule is CC(O/C(=C\CNC1c2cc([N+](=O)[O-])ccc2OC(C)(C)C1O)OCCC=O)c1ccccc1. The number of aliphatic hydroxyl groups is 1. The lowest BCUT2D eigenvalue weighted by Crippen LogP contribution is -2.52. The van der Waals surface area contributed by atoms with Crippen LogP contribution in [0.3, 0.4) is 0 Å². The summed E-state index contributed by atoms with van der Waals surface area (Å²) in [6.45, 7) is 5.80. The van der Waals surface area contributed by atoms with Crippen LogP contribution in [0.5, 0.6) is 5.75 Å². The minimum Gasteiger partial charge on any atom is -0.485 e. The van der Waals surface area contributed by atoms with Crippen LogP contribution < -0.4 is 10.1 Å². The molecule has 9 heteroatoms. The molecule has 1 aliphatic heterocycles. The molecule has 1 heterocycles. The zero-order chi connectivity index (χ0) is 24.7. The standard InChI is InChI=1S/C25H30N2O7/c1-17(18-8-5-4-6-9-18)33-22(32-15-7-14-28)12-13-26-23-20-16-19(27(30)31)10-11-21(20)34-25(2,3)24(23)29/h4-6,8-12,14,16-17,23-24,26,29H,7,13,15H2,1-3H3/b22-12-. The van der Waals surface area contributed by atoms with Gasteiger partial charge in [0.25, 0.3) is 11.6 Å². The summed E-state index contributed by atoms with van der Waals surface area (Å²) >= 11 is 0. The van der Waals surface area contributed by atoms with Gasteiger partial charge in [0.15, 0.2) is 0 Å². The maximum absolute atomic E-state index is 11.3. The Morgan fingerprint density at radius 1 is 1.29 bits per heavy atom. The molecule has 2 aromatic rings. The smallest absolute Gasteiger partial charge is 0.276 e. The van der Waals surface area contributed by atoms with E-state index in [-0.39, 0.29) is 37.3 Å². The molecule has 34 heavy (non-hydrogen) atoms. The van der Waals surface area contributed by atoms with E-state index >= 15 is 0 Å². The van der Waals surface area contributed by atoms with E-state index in [0.717, 1.165) is 11.8 Å². The predicted octanol–water partition coefficient (Wildman–Crippen LogP) is 3.98. The lowest BCUT2D eigenvalue weighted by atomic mass is 9.86. The molecule has 2 N–H and O–H groups in total. The van der Waals surface area contributed by atoms with Gasteiger partial charge in [0.2, 0.25) is 0 Å². The van der Waals surface area contributed by atoms with E-state index in [1.807, 2.05) is 37.3 Å². The number of carbonyl (C=O) groups excluding carboxylic acids is 1. The number of rotatable bonds is 11. The van der Waals surface area contributed by atoms with Gasteiger partial charge in [0, 0.05) is 36.7 Å². The first-order valence-corrected chi connectivity index (χ1v) is 11.1. The molecule has 3 atom stereocenters. The van der Waals surface area contributed by atoms with Crippen LogP contribution in [0.2, 0.25) is 0 Å². The van der Waals surface area contributed by atoms with Crippen molar-refractivity contribution in [2.24, 2.45) is 0 Å². The van der Waals surface area contributed by atoms with Crippen LogP contribution in [0, 0.1) is 10.1 Å².